The summed E-state index contributed by atoms with van der Waals surface area (Å²) >= 11 is 0. The van der Waals surface area contributed by atoms with Gasteiger partial charge in [0.1, 0.15) is 0 Å². The zero-order valence-corrected chi connectivity index (χ0v) is 11.9. The molecule has 3 nitrogen and oxygen atoms in total. The fourth-order valence-electron chi connectivity index (χ4n) is 3.14. The molecule has 1 aliphatic heterocycles. The van der Waals surface area contributed by atoms with Crippen LogP contribution in [0.15, 0.2) is 18.2 Å². The summed E-state index contributed by atoms with van der Waals surface area (Å²) in [4.78, 5) is 13.2. The number of nitrogens with zero attached hydrogens (tertiary/aromatic N) is 1. The maximum Gasteiger partial charge on any atom is 0.303 e. The molecule has 0 radical (unpaired) electrons. The molecule has 1 unspecified atom stereocenters. The third kappa shape index (κ3) is 3.28. The van der Waals surface area contributed by atoms with Gasteiger partial charge in [-0.3, -0.25) is 4.79 Å². The molecule has 2 rings (SSSR count). The Morgan fingerprint density at radius 2 is 2.00 bits per heavy atom. The summed E-state index contributed by atoms with van der Waals surface area (Å²) in [7, 11) is 0. The number of aryl methyl sites for hydroxylation is 2. The monoisotopic (exact) mass is 261 g/mol. The number of aliphatic carboxylic acids is 1. The molecule has 1 fully saturated rings. The highest BCUT2D eigenvalue weighted by atomic mass is 16.4. The van der Waals surface area contributed by atoms with Crippen LogP contribution in [0.3, 0.4) is 0 Å². The minimum Gasteiger partial charge on any atom is -0.481 e. The van der Waals surface area contributed by atoms with Crippen LogP contribution in [0.5, 0.6) is 0 Å². The van der Waals surface area contributed by atoms with E-state index in [0.717, 1.165) is 19.4 Å². The number of rotatable bonds is 4. The van der Waals surface area contributed by atoms with Crippen LogP contribution in [-0.2, 0) is 4.79 Å². The topological polar surface area (TPSA) is 40.5 Å². The third-order valence-corrected chi connectivity index (χ3v) is 4.05. The van der Waals surface area contributed by atoms with E-state index in [2.05, 4.69) is 36.9 Å². The van der Waals surface area contributed by atoms with Crippen molar-refractivity contribution < 1.29 is 9.90 Å². The Morgan fingerprint density at radius 3 is 2.63 bits per heavy atom. The van der Waals surface area contributed by atoms with Crippen LogP contribution < -0.4 is 4.90 Å². The smallest absolute Gasteiger partial charge is 0.303 e. The van der Waals surface area contributed by atoms with E-state index in [1.165, 1.54) is 29.7 Å². The van der Waals surface area contributed by atoms with E-state index in [1.54, 1.807) is 0 Å². The molecule has 1 saturated heterocycles. The van der Waals surface area contributed by atoms with E-state index < -0.39 is 5.97 Å². The maximum atomic E-state index is 10.8. The molecule has 1 aliphatic rings. The molecule has 1 aromatic rings. The summed E-state index contributed by atoms with van der Waals surface area (Å²) in [5.74, 6) is -0.688. The minimum atomic E-state index is -0.688. The molecule has 0 amide bonds. The zero-order chi connectivity index (χ0) is 13.8. The molecule has 1 heterocycles. The zero-order valence-electron chi connectivity index (χ0n) is 11.9. The molecular formula is C16H23NO2. The molecular weight excluding hydrogens is 238 g/mol. The van der Waals surface area contributed by atoms with Crippen LogP contribution in [0.2, 0.25) is 0 Å². The van der Waals surface area contributed by atoms with E-state index in [9.17, 15) is 4.79 Å². The molecule has 0 aliphatic carbocycles. The van der Waals surface area contributed by atoms with Crippen LogP contribution in [-0.4, -0.2) is 23.7 Å². The van der Waals surface area contributed by atoms with Crippen molar-refractivity contribution in [3.05, 3.63) is 29.3 Å². The van der Waals surface area contributed by atoms with Gasteiger partial charge in [0.15, 0.2) is 0 Å². The quantitative estimate of drug-likeness (QED) is 0.901. The number of carbonyl (C=O) groups is 1. The van der Waals surface area contributed by atoms with Crippen molar-refractivity contribution in [1.29, 1.82) is 0 Å². The summed E-state index contributed by atoms with van der Waals surface area (Å²) in [6.07, 6.45) is 4.55. The molecule has 104 valence electrons. The number of carboxylic acids is 1. The Morgan fingerprint density at radius 1 is 1.32 bits per heavy atom. The number of anilines is 1. The average molecular weight is 261 g/mol. The van der Waals surface area contributed by atoms with Gasteiger partial charge in [-0.2, -0.15) is 0 Å². The standard InChI is InChI=1S/C16H23NO2/c1-12-6-5-7-13(2)16(12)17-11-4-3-8-14(17)9-10-15(18)19/h5-7,14H,3-4,8-11H2,1-2H3,(H,18,19). The van der Waals surface area contributed by atoms with Crippen molar-refractivity contribution in [1.82, 2.24) is 0 Å². The van der Waals surface area contributed by atoms with Crippen molar-refractivity contribution in [2.45, 2.75) is 52.0 Å². The first-order valence-corrected chi connectivity index (χ1v) is 7.14. The fourth-order valence-corrected chi connectivity index (χ4v) is 3.14. The number of hydrogen-bond donors (Lipinski definition) is 1. The Hall–Kier alpha value is -1.51. The first-order valence-electron chi connectivity index (χ1n) is 7.14. The SMILES string of the molecule is Cc1cccc(C)c1N1CCCCC1CCC(=O)O. The second-order valence-electron chi connectivity index (χ2n) is 5.52. The van der Waals surface area contributed by atoms with Crippen LogP contribution in [0.1, 0.15) is 43.2 Å². The van der Waals surface area contributed by atoms with Crippen molar-refractivity contribution in [3.63, 3.8) is 0 Å². The van der Waals surface area contributed by atoms with Gasteiger partial charge in [0.25, 0.3) is 0 Å². The van der Waals surface area contributed by atoms with Crippen molar-refractivity contribution in [3.8, 4) is 0 Å². The van der Waals surface area contributed by atoms with E-state index in [1.807, 2.05) is 0 Å². The second-order valence-corrected chi connectivity index (χ2v) is 5.52. The molecule has 0 spiro atoms. The Bertz CT molecular complexity index is 436. The van der Waals surface area contributed by atoms with Crippen LogP contribution >= 0.6 is 0 Å². The van der Waals surface area contributed by atoms with Gasteiger partial charge >= 0.3 is 5.97 Å². The first-order chi connectivity index (χ1) is 9.09. The molecule has 1 aromatic carbocycles. The van der Waals surface area contributed by atoms with Gasteiger partial charge < -0.3 is 10.0 Å². The second kappa shape index (κ2) is 6.09. The van der Waals surface area contributed by atoms with Crippen molar-refractivity contribution >= 4 is 11.7 Å². The van der Waals surface area contributed by atoms with Gasteiger partial charge in [-0.1, -0.05) is 18.2 Å². The van der Waals surface area contributed by atoms with Gasteiger partial charge in [-0.25, -0.2) is 0 Å². The van der Waals surface area contributed by atoms with Gasteiger partial charge in [0.2, 0.25) is 0 Å². The molecule has 0 saturated carbocycles. The summed E-state index contributed by atoms with van der Waals surface area (Å²) in [6, 6.07) is 6.76. The van der Waals surface area contributed by atoms with Gasteiger partial charge in [-0.15, -0.1) is 0 Å². The number of benzene rings is 1. The normalized spacial score (nSPS) is 19.5. The van der Waals surface area contributed by atoms with Crippen LogP contribution in [0.25, 0.3) is 0 Å². The lowest BCUT2D eigenvalue weighted by Gasteiger charge is -2.39. The maximum absolute atomic E-state index is 10.8. The molecule has 0 aromatic heterocycles. The summed E-state index contributed by atoms with van der Waals surface area (Å²) in [5, 5.41) is 8.89. The summed E-state index contributed by atoms with van der Waals surface area (Å²) < 4.78 is 0. The van der Waals surface area contributed by atoms with Crippen LogP contribution in [0, 0.1) is 13.8 Å². The molecule has 1 N–H and O–H groups in total. The molecule has 1 atom stereocenters. The lowest BCUT2D eigenvalue weighted by molar-refractivity contribution is -0.137. The van der Waals surface area contributed by atoms with E-state index in [-0.39, 0.29) is 6.42 Å². The number of piperidine rings is 1. The highest BCUT2D eigenvalue weighted by molar-refractivity contribution is 5.67. The Labute approximate surface area is 115 Å². The largest absolute Gasteiger partial charge is 0.481 e. The third-order valence-electron chi connectivity index (χ3n) is 4.05. The fraction of sp³-hybridized carbons (Fsp3) is 0.562. The Balaban J connectivity index is 2.21. The van der Waals surface area contributed by atoms with E-state index in [0.29, 0.717) is 6.04 Å². The van der Waals surface area contributed by atoms with E-state index in [4.69, 9.17) is 5.11 Å². The highest BCUT2D eigenvalue weighted by Crippen LogP contribution is 2.32. The molecule has 19 heavy (non-hydrogen) atoms. The highest BCUT2D eigenvalue weighted by Gasteiger charge is 2.25. The predicted molar refractivity (Wildman–Crippen MR) is 77.8 cm³/mol. The van der Waals surface area contributed by atoms with Gasteiger partial charge in [-0.05, 0) is 50.7 Å². The average Bonchev–Trinajstić information content (AvgIpc) is 2.37. The summed E-state index contributed by atoms with van der Waals surface area (Å²) in [5.41, 5.74) is 3.90. The first kappa shape index (κ1) is 13.9. The van der Waals surface area contributed by atoms with Crippen LogP contribution in [0.4, 0.5) is 5.69 Å². The lowest BCUT2D eigenvalue weighted by Crippen LogP contribution is -2.40. The lowest BCUT2D eigenvalue weighted by atomic mass is 9.95. The molecule has 0 bridgehead atoms. The van der Waals surface area contributed by atoms with Crippen molar-refractivity contribution in [2.75, 3.05) is 11.4 Å². The molecule has 3 heteroatoms. The number of carboxylic acid groups (broad SMARTS) is 1. The van der Waals surface area contributed by atoms with E-state index >= 15 is 0 Å². The van der Waals surface area contributed by atoms with Gasteiger partial charge in [0.05, 0.1) is 0 Å². The Kier molecular flexibility index (Phi) is 4.46. The minimum absolute atomic E-state index is 0.270. The number of para-hydroxylation sites is 1. The predicted octanol–water partition coefficient (Wildman–Crippen LogP) is 3.53. The number of hydrogen-bond acceptors (Lipinski definition) is 2. The van der Waals surface area contributed by atoms with Gasteiger partial charge in [0, 0.05) is 24.7 Å². The summed E-state index contributed by atoms with van der Waals surface area (Å²) in [6.45, 7) is 5.34. The van der Waals surface area contributed by atoms with Crippen molar-refractivity contribution in [2.24, 2.45) is 0 Å².